The molecule has 0 spiro atoms. The van der Waals surface area contributed by atoms with Gasteiger partial charge in [0.1, 0.15) is 5.00 Å². The van der Waals surface area contributed by atoms with Crippen molar-refractivity contribution in [3.63, 3.8) is 0 Å². The summed E-state index contributed by atoms with van der Waals surface area (Å²) in [5.41, 5.74) is 1.32. The van der Waals surface area contributed by atoms with Gasteiger partial charge in [-0.1, -0.05) is 6.42 Å². The monoisotopic (exact) mass is 351 g/mol. The SMILES string of the molecule is CCOC(=O)c1c(NC(=O)C=C(C)C(=O)O)sc2c1CCCCC2. The third-order valence-corrected chi connectivity index (χ3v) is 5.03. The summed E-state index contributed by atoms with van der Waals surface area (Å²) in [6, 6.07) is 0. The Morgan fingerprint density at radius 3 is 2.62 bits per heavy atom. The number of carbonyl (C=O) groups excluding carboxylic acids is 2. The number of carboxylic acids is 1. The van der Waals surface area contributed by atoms with E-state index in [2.05, 4.69) is 5.32 Å². The molecule has 1 aliphatic rings. The predicted octanol–water partition coefficient (Wildman–Crippen LogP) is 3.16. The first-order valence-corrected chi connectivity index (χ1v) is 8.80. The van der Waals surface area contributed by atoms with E-state index in [4.69, 9.17) is 9.84 Å². The minimum absolute atomic E-state index is 0.0664. The summed E-state index contributed by atoms with van der Waals surface area (Å²) in [5, 5.41) is 12.0. The molecule has 2 N–H and O–H groups in total. The molecular formula is C17H21NO5S. The second-order valence-corrected chi connectivity index (χ2v) is 6.72. The van der Waals surface area contributed by atoms with Gasteiger partial charge in [0.15, 0.2) is 0 Å². The smallest absolute Gasteiger partial charge is 0.341 e. The number of aliphatic carboxylic acids is 1. The average molecular weight is 351 g/mol. The first kappa shape index (κ1) is 18.2. The van der Waals surface area contributed by atoms with E-state index < -0.39 is 17.8 Å². The number of nitrogens with one attached hydrogen (secondary N) is 1. The van der Waals surface area contributed by atoms with E-state index in [1.54, 1.807) is 6.92 Å². The van der Waals surface area contributed by atoms with Crippen LogP contribution in [0.5, 0.6) is 0 Å². The highest BCUT2D eigenvalue weighted by Crippen LogP contribution is 2.38. The summed E-state index contributed by atoms with van der Waals surface area (Å²) < 4.78 is 5.14. The highest BCUT2D eigenvalue weighted by atomic mass is 32.1. The Morgan fingerprint density at radius 2 is 1.96 bits per heavy atom. The summed E-state index contributed by atoms with van der Waals surface area (Å²) in [4.78, 5) is 36.3. The van der Waals surface area contributed by atoms with Crippen LogP contribution < -0.4 is 5.32 Å². The number of thiophene rings is 1. The molecule has 7 heteroatoms. The van der Waals surface area contributed by atoms with E-state index in [0.717, 1.165) is 48.6 Å². The second-order valence-electron chi connectivity index (χ2n) is 5.61. The largest absolute Gasteiger partial charge is 0.478 e. The number of hydrogen-bond acceptors (Lipinski definition) is 5. The highest BCUT2D eigenvalue weighted by molar-refractivity contribution is 7.17. The Bertz CT molecular complexity index is 689. The van der Waals surface area contributed by atoms with Crippen LogP contribution in [0.15, 0.2) is 11.6 Å². The average Bonchev–Trinajstić information content (AvgIpc) is 2.68. The maximum Gasteiger partial charge on any atom is 0.341 e. The standard InChI is InChI=1S/C17H21NO5S/c1-3-23-17(22)14-11-7-5-4-6-8-12(11)24-15(14)18-13(19)9-10(2)16(20)21/h9H,3-8H2,1-2H3,(H,18,19)(H,20,21). The molecule has 130 valence electrons. The van der Waals surface area contributed by atoms with E-state index in [0.29, 0.717) is 10.6 Å². The molecule has 1 aliphatic carbocycles. The maximum absolute atomic E-state index is 12.3. The van der Waals surface area contributed by atoms with E-state index >= 15 is 0 Å². The number of carbonyl (C=O) groups is 3. The van der Waals surface area contributed by atoms with E-state index in [9.17, 15) is 14.4 Å². The Balaban J connectivity index is 2.35. The minimum atomic E-state index is -1.15. The molecule has 0 aliphatic heterocycles. The van der Waals surface area contributed by atoms with Crippen molar-refractivity contribution in [3.8, 4) is 0 Å². The second kappa shape index (κ2) is 8.10. The molecule has 24 heavy (non-hydrogen) atoms. The van der Waals surface area contributed by atoms with Crippen LogP contribution in [0.4, 0.5) is 5.00 Å². The summed E-state index contributed by atoms with van der Waals surface area (Å²) in [5.74, 6) is -2.15. The molecule has 0 unspecified atom stereocenters. The highest BCUT2D eigenvalue weighted by Gasteiger charge is 2.26. The number of rotatable bonds is 5. The summed E-state index contributed by atoms with van der Waals surface area (Å²) in [7, 11) is 0. The van der Waals surface area contributed by atoms with Crippen LogP contribution in [0.2, 0.25) is 0 Å². The van der Waals surface area contributed by atoms with Crippen LogP contribution in [-0.2, 0) is 27.2 Å². The number of ether oxygens (including phenoxy) is 1. The fraction of sp³-hybridized carbons (Fsp3) is 0.471. The predicted molar refractivity (Wildman–Crippen MR) is 91.6 cm³/mol. The summed E-state index contributed by atoms with van der Waals surface area (Å²) >= 11 is 1.38. The van der Waals surface area contributed by atoms with Gasteiger partial charge in [0.05, 0.1) is 12.2 Å². The molecule has 1 aromatic heterocycles. The van der Waals surface area contributed by atoms with E-state index in [1.165, 1.54) is 18.3 Å². The molecule has 0 fully saturated rings. The number of hydrogen-bond donors (Lipinski definition) is 2. The van der Waals surface area contributed by atoms with Gasteiger partial charge in [0, 0.05) is 16.5 Å². The first-order chi connectivity index (χ1) is 11.4. The van der Waals surface area contributed by atoms with Crippen molar-refractivity contribution < 1.29 is 24.2 Å². The number of amides is 1. The molecule has 1 heterocycles. The number of anilines is 1. The Hall–Kier alpha value is -2.15. The van der Waals surface area contributed by atoms with Crippen LogP contribution in [0.25, 0.3) is 0 Å². The summed E-state index contributed by atoms with van der Waals surface area (Å²) in [6.07, 6.45) is 5.86. The molecule has 0 atom stereocenters. The molecule has 0 saturated carbocycles. The zero-order chi connectivity index (χ0) is 17.7. The van der Waals surface area contributed by atoms with Crippen LogP contribution in [0, 0.1) is 0 Å². The molecule has 0 radical (unpaired) electrons. The molecule has 2 rings (SSSR count). The van der Waals surface area contributed by atoms with Crippen molar-refractivity contribution in [2.75, 3.05) is 11.9 Å². The molecule has 0 saturated heterocycles. The topological polar surface area (TPSA) is 92.7 Å². The lowest BCUT2D eigenvalue weighted by Gasteiger charge is -2.07. The van der Waals surface area contributed by atoms with Crippen molar-refractivity contribution in [2.45, 2.75) is 46.0 Å². The van der Waals surface area contributed by atoms with Crippen LogP contribution in [0.3, 0.4) is 0 Å². The number of fused-ring (bicyclic) bond motifs is 1. The summed E-state index contributed by atoms with van der Waals surface area (Å²) in [6.45, 7) is 3.34. The zero-order valence-corrected chi connectivity index (χ0v) is 14.6. The third kappa shape index (κ3) is 4.23. The fourth-order valence-corrected chi connectivity index (χ4v) is 3.94. The van der Waals surface area contributed by atoms with Crippen LogP contribution in [-0.4, -0.2) is 29.6 Å². The van der Waals surface area contributed by atoms with Gasteiger partial charge in [-0.25, -0.2) is 9.59 Å². The lowest BCUT2D eigenvalue weighted by atomic mass is 10.1. The van der Waals surface area contributed by atoms with Crippen molar-refractivity contribution in [1.29, 1.82) is 0 Å². The Labute approximate surface area is 144 Å². The van der Waals surface area contributed by atoms with Crippen LogP contribution >= 0.6 is 11.3 Å². The third-order valence-electron chi connectivity index (χ3n) is 3.82. The Kier molecular flexibility index (Phi) is 6.14. The Morgan fingerprint density at radius 1 is 1.25 bits per heavy atom. The quantitative estimate of drug-likeness (QED) is 0.483. The lowest BCUT2D eigenvalue weighted by Crippen LogP contribution is -2.14. The number of carboxylic acid groups (broad SMARTS) is 1. The minimum Gasteiger partial charge on any atom is -0.478 e. The van der Waals surface area contributed by atoms with E-state index in [-0.39, 0.29) is 12.2 Å². The molecule has 0 aromatic carbocycles. The normalized spacial score (nSPS) is 14.5. The van der Waals surface area contributed by atoms with Gasteiger partial charge in [0.2, 0.25) is 5.91 Å². The fourth-order valence-electron chi connectivity index (χ4n) is 2.66. The molecule has 0 bridgehead atoms. The molecule has 1 aromatic rings. The van der Waals surface area contributed by atoms with Crippen molar-refractivity contribution >= 4 is 34.2 Å². The van der Waals surface area contributed by atoms with Crippen molar-refractivity contribution in [2.24, 2.45) is 0 Å². The van der Waals surface area contributed by atoms with Gasteiger partial charge in [-0.2, -0.15) is 0 Å². The van der Waals surface area contributed by atoms with Crippen molar-refractivity contribution in [3.05, 3.63) is 27.7 Å². The lowest BCUT2D eigenvalue weighted by molar-refractivity contribution is -0.132. The molecule has 1 amide bonds. The van der Waals surface area contributed by atoms with Gasteiger partial charge in [0.25, 0.3) is 0 Å². The first-order valence-electron chi connectivity index (χ1n) is 7.98. The van der Waals surface area contributed by atoms with Crippen LogP contribution in [0.1, 0.15) is 53.9 Å². The number of aryl methyl sites for hydroxylation is 1. The zero-order valence-electron chi connectivity index (χ0n) is 13.8. The van der Waals surface area contributed by atoms with Crippen molar-refractivity contribution in [1.82, 2.24) is 0 Å². The number of esters is 1. The van der Waals surface area contributed by atoms with E-state index in [1.807, 2.05) is 0 Å². The molecule has 6 nitrogen and oxygen atoms in total. The molecular weight excluding hydrogens is 330 g/mol. The van der Waals surface area contributed by atoms with Gasteiger partial charge in [-0.3, -0.25) is 4.79 Å². The van der Waals surface area contributed by atoms with Gasteiger partial charge in [-0.05, 0) is 45.1 Å². The maximum atomic E-state index is 12.3. The van der Waals surface area contributed by atoms with Gasteiger partial charge >= 0.3 is 11.9 Å². The van der Waals surface area contributed by atoms with Gasteiger partial charge < -0.3 is 15.2 Å². The van der Waals surface area contributed by atoms with Gasteiger partial charge in [-0.15, -0.1) is 11.3 Å².